The Morgan fingerprint density at radius 3 is 2.39 bits per heavy atom. The van der Waals surface area contributed by atoms with Crippen molar-refractivity contribution in [2.24, 2.45) is 0 Å². The van der Waals surface area contributed by atoms with E-state index in [-0.39, 0.29) is 6.09 Å². The molecule has 0 saturated heterocycles. The molecule has 0 aliphatic carbocycles. The van der Waals surface area contributed by atoms with Gasteiger partial charge in [-0.25, -0.2) is 4.79 Å². The Balaban J connectivity index is 1.96. The zero-order valence-corrected chi connectivity index (χ0v) is 14.3. The fourth-order valence-electron chi connectivity index (χ4n) is 2.24. The maximum Gasteiger partial charge on any atom is 0.410 e. The van der Waals surface area contributed by atoms with E-state index in [9.17, 15) is 4.79 Å². The molecule has 0 aromatic heterocycles. The van der Waals surface area contributed by atoms with Crippen molar-refractivity contribution in [2.75, 3.05) is 26.7 Å². The first-order chi connectivity index (χ1) is 10.9. The second kappa shape index (κ2) is 7.55. The molecule has 1 aromatic rings. The minimum atomic E-state index is -0.529. The molecule has 0 unspecified atom stereocenters. The monoisotopic (exact) mass is 322 g/mol. The number of nitrogens with zero attached hydrogens (tertiary/aromatic N) is 1. The largest absolute Gasteiger partial charge is 0.449 e. The molecule has 1 aliphatic rings. The van der Waals surface area contributed by atoms with Gasteiger partial charge in [0.1, 0.15) is 5.60 Å². The smallest absolute Gasteiger partial charge is 0.410 e. The van der Waals surface area contributed by atoms with Crippen LogP contribution < -0.4 is 14.8 Å². The summed E-state index contributed by atoms with van der Waals surface area (Å²) in [5.41, 5.74) is -0.529. The van der Waals surface area contributed by atoms with E-state index in [1.165, 1.54) is 0 Å². The lowest BCUT2D eigenvalue weighted by Gasteiger charge is -2.28. The van der Waals surface area contributed by atoms with E-state index in [0.29, 0.717) is 24.6 Å². The molecule has 1 aliphatic heterocycles. The third kappa shape index (κ3) is 5.32. The van der Waals surface area contributed by atoms with Gasteiger partial charge in [-0.05, 0) is 52.9 Å². The Bertz CT molecular complexity index is 503. The molecule has 0 bridgehead atoms. The number of benzene rings is 1. The molecular formula is C17H26N2O4. The van der Waals surface area contributed by atoms with E-state index in [0.717, 1.165) is 13.0 Å². The van der Waals surface area contributed by atoms with Crippen LogP contribution >= 0.6 is 0 Å². The molecule has 0 atom stereocenters. The first-order valence-electron chi connectivity index (χ1n) is 7.94. The van der Waals surface area contributed by atoms with Gasteiger partial charge in [-0.15, -0.1) is 0 Å². The lowest BCUT2D eigenvalue weighted by atomic mass is 10.2. The highest BCUT2D eigenvalue weighted by atomic mass is 16.7. The zero-order chi connectivity index (χ0) is 16.9. The molecule has 1 N–H and O–H groups in total. The summed E-state index contributed by atoms with van der Waals surface area (Å²) in [5, 5.41) is 3.08. The minimum Gasteiger partial charge on any atom is -0.449 e. The quantitative estimate of drug-likeness (QED) is 0.816. The van der Waals surface area contributed by atoms with Gasteiger partial charge in [0.25, 0.3) is 6.29 Å². The summed E-state index contributed by atoms with van der Waals surface area (Å²) < 4.78 is 16.9. The number of rotatable bonds is 6. The van der Waals surface area contributed by atoms with E-state index < -0.39 is 11.9 Å². The summed E-state index contributed by atoms with van der Waals surface area (Å²) in [7, 11) is 1.89. The van der Waals surface area contributed by atoms with Crippen molar-refractivity contribution in [2.45, 2.75) is 39.1 Å². The van der Waals surface area contributed by atoms with Gasteiger partial charge in [0, 0.05) is 6.54 Å². The van der Waals surface area contributed by atoms with E-state index in [2.05, 4.69) is 5.32 Å². The first kappa shape index (κ1) is 17.4. The molecule has 6 heteroatoms. The van der Waals surface area contributed by atoms with Crippen LogP contribution in [-0.4, -0.2) is 49.6 Å². The number of hydrogen-bond donors (Lipinski definition) is 1. The number of nitrogens with one attached hydrogen (secondary N) is 1. The minimum absolute atomic E-state index is 0.327. The number of carbonyl (C=O) groups is 1. The van der Waals surface area contributed by atoms with Gasteiger partial charge in [0.15, 0.2) is 11.5 Å². The predicted molar refractivity (Wildman–Crippen MR) is 87.8 cm³/mol. The first-order valence-corrected chi connectivity index (χ1v) is 7.94. The molecule has 1 heterocycles. The van der Waals surface area contributed by atoms with Crippen molar-refractivity contribution in [3.63, 3.8) is 0 Å². The van der Waals surface area contributed by atoms with Gasteiger partial charge < -0.3 is 24.4 Å². The van der Waals surface area contributed by atoms with Crippen LogP contribution in [0.25, 0.3) is 0 Å². The number of carbonyl (C=O) groups excluding carboxylic acids is 1. The summed E-state index contributed by atoms with van der Waals surface area (Å²) >= 11 is 0. The SMILES string of the molecule is CNCCCN(CC1Oc2ccccc2O1)C(=O)OC(C)(C)C. The van der Waals surface area contributed by atoms with Crippen LogP contribution in [-0.2, 0) is 4.74 Å². The average Bonchev–Trinajstić information content (AvgIpc) is 2.87. The van der Waals surface area contributed by atoms with Crippen molar-refractivity contribution in [1.82, 2.24) is 10.2 Å². The summed E-state index contributed by atoms with van der Waals surface area (Å²) in [6, 6.07) is 7.49. The summed E-state index contributed by atoms with van der Waals surface area (Å²) in [5.74, 6) is 1.41. The lowest BCUT2D eigenvalue weighted by Crippen LogP contribution is -2.44. The van der Waals surface area contributed by atoms with Gasteiger partial charge in [-0.3, -0.25) is 0 Å². The Morgan fingerprint density at radius 2 is 1.87 bits per heavy atom. The number of hydrogen-bond acceptors (Lipinski definition) is 5. The maximum absolute atomic E-state index is 12.4. The fraction of sp³-hybridized carbons (Fsp3) is 0.588. The Labute approximate surface area is 137 Å². The van der Waals surface area contributed by atoms with Gasteiger partial charge in [0.05, 0.1) is 6.54 Å². The zero-order valence-electron chi connectivity index (χ0n) is 14.3. The van der Waals surface area contributed by atoms with Crippen LogP contribution in [0, 0.1) is 0 Å². The standard InChI is InChI=1S/C17H26N2O4/c1-17(2,3)23-16(20)19(11-7-10-18-4)12-15-21-13-8-5-6-9-14(13)22-15/h5-6,8-9,15,18H,7,10-12H2,1-4H3. The Kier molecular flexibility index (Phi) is 5.71. The maximum atomic E-state index is 12.4. The van der Waals surface area contributed by atoms with Gasteiger partial charge >= 0.3 is 6.09 Å². The topological polar surface area (TPSA) is 60.0 Å². The normalized spacial score (nSPS) is 13.9. The number of para-hydroxylation sites is 2. The summed E-state index contributed by atoms with van der Waals surface area (Å²) in [4.78, 5) is 14.0. The second-order valence-electron chi connectivity index (χ2n) is 6.50. The predicted octanol–water partition coefficient (Wildman–Crippen LogP) is 2.63. The molecule has 2 rings (SSSR count). The third-order valence-corrected chi connectivity index (χ3v) is 3.24. The highest BCUT2D eigenvalue weighted by molar-refractivity contribution is 5.68. The van der Waals surface area contributed by atoms with Gasteiger partial charge in [0.2, 0.25) is 0 Å². The van der Waals surface area contributed by atoms with Crippen LogP contribution in [0.3, 0.4) is 0 Å². The second-order valence-corrected chi connectivity index (χ2v) is 6.50. The van der Waals surface area contributed by atoms with E-state index in [1.807, 2.05) is 52.1 Å². The van der Waals surface area contributed by atoms with Crippen LogP contribution in [0.5, 0.6) is 11.5 Å². The molecule has 1 aromatic carbocycles. The molecule has 128 valence electrons. The van der Waals surface area contributed by atoms with Gasteiger partial charge in [-0.1, -0.05) is 12.1 Å². The lowest BCUT2D eigenvalue weighted by molar-refractivity contribution is -0.0109. The molecule has 1 amide bonds. The van der Waals surface area contributed by atoms with Crippen molar-refractivity contribution < 1.29 is 19.0 Å². The number of amides is 1. The third-order valence-electron chi connectivity index (χ3n) is 3.24. The van der Waals surface area contributed by atoms with Crippen molar-refractivity contribution >= 4 is 6.09 Å². The van der Waals surface area contributed by atoms with E-state index in [4.69, 9.17) is 14.2 Å². The van der Waals surface area contributed by atoms with Crippen molar-refractivity contribution in [1.29, 1.82) is 0 Å². The Hall–Kier alpha value is -1.95. The Morgan fingerprint density at radius 1 is 1.26 bits per heavy atom. The van der Waals surface area contributed by atoms with E-state index in [1.54, 1.807) is 4.90 Å². The molecular weight excluding hydrogens is 296 g/mol. The van der Waals surface area contributed by atoms with Gasteiger partial charge in [-0.2, -0.15) is 0 Å². The van der Waals surface area contributed by atoms with Crippen LogP contribution in [0.1, 0.15) is 27.2 Å². The van der Waals surface area contributed by atoms with Crippen molar-refractivity contribution in [3.05, 3.63) is 24.3 Å². The molecule has 0 radical (unpaired) electrons. The number of fused-ring (bicyclic) bond motifs is 1. The van der Waals surface area contributed by atoms with Crippen molar-refractivity contribution in [3.8, 4) is 11.5 Å². The molecule has 0 fully saturated rings. The molecule has 23 heavy (non-hydrogen) atoms. The molecule has 0 saturated carbocycles. The highest BCUT2D eigenvalue weighted by Crippen LogP contribution is 2.34. The van der Waals surface area contributed by atoms with E-state index >= 15 is 0 Å². The van der Waals surface area contributed by atoms with Crippen LogP contribution in [0.2, 0.25) is 0 Å². The summed E-state index contributed by atoms with van der Waals surface area (Å²) in [6.45, 7) is 7.30. The highest BCUT2D eigenvalue weighted by Gasteiger charge is 2.30. The van der Waals surface area contributed by atoms with Crippen LogP contribution in [0.15, 0.2) is 24.3 Å². The fourth-order valence-corrected chi connectivity index (χ4v) is 2.24. The van der Waals surface area contributed by atoms with Crippen LogP contribution in [0.4, 0.5) is 4.79 Å². The summed E-state index contributed by atoms with van der Waals surface area (Å²) in [6.07, 6.45) is -0.0265. The molecule has 6 nitrogen and oxygen atoms in total. The average molecular weight is 322 g/mol. The number of ether oxygens (including phenoxy) is 3. The molecule has 0 spiro atoms.